The fraction of sp³-hybridized carbons (Fsp3) is 0.143. The molecule has 224 valence electrons. The van der Waals surface area contributed by atoms with E-state index in [1.54, 1.807) is 12.1 Å². The van der Waals surface area contributed by atoms with E-state index in [1.165, 1.54) is 48.7 Å². The number of aryl methyl sites for hydroxylation is 2. The van der Waals surface area contributed by atoms with Gasteiger partial charge in [0, 0.05) is 35.2 Å². The molecule has 5 rings (SSSR count). The Morgan fingerprint density at radius 1 is 0.930 bits per heavy atom. The molecule has 1 N–H and O–H groups in total. The Kier molecular flexibility index (Phi) is 7.56. The van der Waals surface area contributed by atoms with Crippen LogP contribution in [0, 0.1) is 13.8 Å². The number of ether oxygens (including phenoxy) is 1. The van der Waals surface area contributed by atoms with E-state index in [1.807, 2.05) is 0 Å². The molecule has 0 aliphatic carbocycles. The van der Waals surface area contributed by atoms with Gasteiger partial charge in [0.2, 0.25) is 0 Å². The SMILES string of the molecule is Cc1nc(-c2ccc(OC(F)(F)F)cc2O)c(-c2cc(-c3cccc(S(=O)[O-])c3)ccc2-n2cc(C(F)(F)F)nc2C)o1. The van der Waals surface area contributed by atoms with Gasteiger partial charge in [-0.05, 0) is 65.5 Å². The van der Waals surface area contributed by atoms with Crippen LogP contribution in [0.25, 0.3) is 39.4 Å². The molecule has 2 heterocycles. The van der Waals surface area contributed by atoms with Crippen molar-refractivity contribution < 1.29 is 49.4 Å². The van der Waals surface area contributed by atoms with E-state index in [-0.39, 0.29) is 44.9 Å². The molecular formula is C28H18F6N3O5S-. The van der Waals surface area contributed by atoms with E-state index in [9.17, 15) is 40.2 Å². The minimum absolute atomic E-state index is 0.00862. The Hall–Kier alpha value is -4.63. The van der Waals surface area contributed by atoms with Gasteiger partial charge in [0.1, 0.15) is 23.0 Å². The molecule has 8 nitrogen and oxygen atoms in total. The van der Waals surface area contributed by atoms with Crippen molar-refractivity contribution in [3.8, 4) is 50.9 Å². The van der Waals surface area contributed by atoms with Gasteiger partial charge < -0.3 is 23.4 Å². The molecule has 1 unspecified atom stereocenters. The molecular weight excluding hydrogens is 604 g/mol. The minimum Gasteiger partial charge on any atom is -0.768 e. The van der Waals surface area contributed by atoms with Crippen LogP contribution in [-0.4, -0.2) is 34.8 Å². The minimum atomic E-state index is -5.01. The first-order chi connectivity index (χ1) is 20.1. The Balaban J connectivity index is 1.74. The van der Waals surface area contributed by atoms with Gasteiger partial charge >= 0.3 is 12.5 Å². The summed E-state index contributed by atoms with van der Waals surface area (Å²) in [6, 6.07) is 13.3. The predicted molar refractivity (Wildman–Crippen MR) is 140 cm³/mol. The highest BCUT2D eigenvalue weighted by molar-refractivity contribution is 7.79. The summed E-state index contributed by atoms with van der Waals surface area (Å²) in [7, 11) is 0. The van der Waals surface area contributed by atoms with Crippen molar-refractivity contribution in [1.82, 2.24) is 14.5 Å². The number of oxazole rings is 1. The van der Waals surface area contributed by atoms with Gasteiger partial charge in [-0.3, -0.25) is 4.21 Å². The Bertz CT molecular complexity index is 1860. The van der Waals surface area contributed by atoms with Crippen LogP contribution in [0.1, 0.15) is 17.4 Å². The summed E-state index contributed by atoms with van der Waals surface area (Å²) < 4.78 is 113. The number of aromatic nitrogens is 3. The zero-order valence-corrected chi connectivity index (χ0v) is 22.8. The summed E-state index contributed by atoms with van der Waals surface area (Å²) in [6.45, 7) is 2.82. The van der Waals surface area contributed by atoms with Gasteiger partial charge in [-0.2, -0.15) is 13.2 Å². The number of imidazole rings is 1. The van der Waals surface area contributed by atoms with Crippen molar-refractivity contribution in [2.45, 2.75) is 31.3 Å². The molecule has 0 saturated heterocycles. The van der Waals surface area contributed by atoms with E-state index < -0.39 is 40.8 Å². The van der Waals surface area contributed by atoms with Gasteiger partial charge in [0.15, 0.2) is 17.3 Å². The molecule has 15 heteroatoms. The standard InChI is InChI=1S/C28H19F6N3O5S/c1-14-35-24(27(29,30)31)13-37(14)22-9-6-17(16-4-3-5-19(10-16)43(39)40)11-21(22)26-25(36-15(2)41-26)20-8-7-18(12-23(20)38)42-28(32,33)34/h3-13,38H,1-2H3,(H,39,40)/p-1. The highest BCUT2D eigenvalue weighted by Crippen LogP contribution is 2.43. The molecule has 0 amide bonds. The smallest absolute Gasteiger partial charge is 0.573 e. The van der Waals surface area contributed by atoms with E-state index >= 15 is 0 Å². The molecule has 0 aliphatic rings. The van der Waals surface area contributed by atoms with Crippen LogP contribution in [0.4, 0.5) is 26.3 Å². The van der Waals surface area contributed by atoms with E-state index in [0.717, 1.165) is 24.4 Å². The molecule has 1 atom stereocenters. The number of aromatic hydroxyl groups is 1. The largest absolute Gasteiger partial charge is 0.768 e. The molecule has 0 bridgehead atoms. The molecule has 0 aliphatic heterocycles. The van der Waals surface area contributed by atoms with Gasteiger partial charge in [-0.15, -0.1) is 13.2 Å². The van der Waals surface area contributed by atoms with Crippen LogP contribution >= 0.6 is 0 Å². The molecule has 43 heavy (non-hydrogen) atoms. The van der Waals surface area contributed by atoms with Gasteiger partial charge in [-0.1, -0.05) is 18.2 Å². The molecule has 0 spiro atoms. The molecule has 3 aromatic carbocycles. The molecule has 0 saturated carbocycles. The van der Waals surface area contributed by atoms with Gasteiger partial charge in [-0.25, -0.2) is 9.97 Å². The van der Waals surface area contributed by atoms with Crippen molar-refractivity contribution in [3.63, 3.8) is 0 Å². The van der Waals surface area contributed by atoms with E-state index in [2.05, 4.69) is 14.7 Å². The zero-order chi connectivity index (χ0) is 31.3. The van der Waals surface area contributed by atoms with Crippen LogP contribution < -0.4 is 4.74 Å². The number of halogens is 6. The molecule has 0 radical (unpaired) electrons. The summed E-state index contributed by atoms with van der Waals surface area (Å²) in [6.07, 6.45) is -8.96. The second kappa shape index (κ2) is 10.9. The lowest BCUT2D eigenvalue weighted by Crippen LogP contribution is -2.17. The summed E-state index contributed by atoms with van der Waals surface area (Å²) in [5, 5.41) is 10.6. The first-order valence-electron chi connectivity index (χ1n) is 12.1. The number of alkyl halides is 6. The van der Waals surface area contributed by atoms with Crippen molar-refractivity contribution in [2.24, 2.45) is 0 Å². The summed E-state index contributed by atoms with van der Waals surface area (Å²) in [4.78, 5) is 7.90. The second-order valence-corrected chi connectivity index (χ2v) is 10.1. The number of nitrogens with zero attached hydrogens (tertiary/aromatic N) is 3. The average molecular weight is 623 g/mol. The van der Waals surface area contributed by atoms with Crippen LogP contribution in [-0.2, 0) is 17.3 Å². The number of phenolic OH excluding ortho intramolecular Hbond substituents is 1. The summed E-state index contributed by atoms with van der Waals surface area (Å²) in [5.41, 5.74) is -0.0413. The third kappa shape index (κ3) is 6.27. The van der Waals surface area contributed by atoms with Crippen molar-refractivity contribution >= 4 is 11.1 Å². The highest BCUT2D eigenvalue weighted by Gasteiger charge is 2.35. The molecule has 0 fully saturated rings. The van der Waals surface area contributed by atoms with Crippen molar-refractivity contribution in [3.05, 3.63) is 84.3 Å². The van der Waals surface area contributed by atoms with Crippen LogP contribution in [0.15, 0.2) is 76.2 Å². The number of hydrogen-bond donors (Lipinski definition) is 1. The normalized spacial score (nSPS) is 12.9. The van der Waals surface area contributed by atoms with Crippen LogP contribution in [0.5, 0.6) is 11.5 Å². The summed E-state index contributed by atoms with van der Waals surface area (Å²) in [5.74, 6) is -1.34. The van der Waals surface area contributed by atoms with Crippen molar-refractivity contribution in [2.75, 3.05) is 0 Å². The number of benzene rings is 3. The lowest BCUT2D eigenvalue weighted by Gasteiger charge is -2.15. The first kappa shape index (κ1) is 29.8. The van der Waals surface area contributed by atoms with Crippen molar-refractivity contribution in [1.29, 1.82) is 0 Å². The zero-order valence-electron chi connectivity index (χ0n) is 21.9. The maximum Gasteiger partial charge on any atom is 0.573 e. The molecule has 2 aromatic heterocycles. The third-order valence-electron chi connectivity index (χ3n) is 6.23. The lowest BCUT2D eigenvalue weighted by molar-refractivity contribution is -0.274. The fourth-order valence-corrected chi connectivity index (χ4v) is 4.85. The maximum atomic E-state index is 13.5. The van der Waals surface area contributed by atoms with E-state index in [4.69, 9.17) is 4.42 Å². The average Bonchev–Trinajstić information content (AvgIpc) is 3.50. The lowest BCUT2D eigenvalue weighted by atomic mass is 9.98. The quantitative estimate of drug-likeness (QED) is 0.156. The third-order valence-corrected chi connectivity index (χ3v) is 6.86. The van der Waals surface area contributed by atoms with E-state index in [0.29, 0.717) is 11.1 Å². The van der Waals surface area contributed by atoms with Crippen LogP contribution in [0.3, 0.4) is 0 Å². The first-order valence-corrected chi connectivity index (χ1v) is 13.2. The number of phenols is 1. The monoisotopic (exact) mass is 622 g/mol. The predicted octanol–water partition coefficient (Wildman–Crippen LogP) is 7.34. The Morgan fingerprint density at radius 2 is 1.65 bits per heavy atom. The van der Waals surface area contributed by atoms with Gasteiger partial charge in [0.05, 0.1) is 5.69 Å². The number of rotatable bonds is 6. The highest BCUT2D eigenvalue weighted by atomic mass is 32.2. The maximum absolute atomic E-state index is 13.5. The Labute approximate surface area is 241 Å². The topological polar surface area (TPSA) is 113 Å². The molecule has 5 aromatic rings. The van der Waals surface area contributed by atoms with Gasteiger partial charge in [0.25, 0.3) is 0 Å². The Morgan fingerprint density at radius 3 is 2.28 bits per heavy atom. The van der Waals surface area contributed by atoms with Crippen LogP contribution in [0.2, 0.25) is 0 Å². The number of hydrogen-bond acceptors (Lipinski definition) is 7. The fourth-order valence-electron chi connectivity index (χ4n) is 4.44. The summed E-state index contributed by atoms with van der Waals surface area (Å²) >= 11 is -2.54. The second-order valence-electron chi connectivity index (χ2n) is 9.17.